The van der Waals surface area contributed by atoms with Gasteiger partial charge in [0, 0.05) is 45.0 Å². The number of benzene rings is 1. The predicted molar refractivity (Wildman–Crippen MR) is 93.7 cm³/mol. The first-order valence-electron chi connectivity index (χ1n) is 8.13. The first-order chi connectivity index (χ1) is 12.2. The maximum absolute atomic E-state index is 13.6. The summed E-state index contributed by atoms with van der Waals surface area (Å²) in [6, 6.07) is 4.98. The Morgan fingerprint density at radius 3 is 2.60 bits per heavy atom. The summed E-state index contributed by atoms with van der Waals surface area (Å²) in [5, 5.41) is 5.23. The van der Waals surface area contributed by atoms with E-state index in [1.54, 1.807) is 23.1 Å². The van der Waals surface area contributed by atoms with E-state index >= 15 is 0 Å². The number of ether oxygens (including phenoxy) is 1. The predicted octanol–water partition coefficient (Wildman–Crippen LogP) is 1.84. The van der Waals surface area contributed by atoms with Crippen LogP contribution in [0.2, 0.25) is 0 Å². The molecule has 3 heterocycles. The number of fused-ring (bicyclic) bond motifs is 1. The zero-order chi connectivity index (χ0) is 17.4. The molecular formula is C17H19FN6O. The molecule has 1 fully saturated rings. The molecule has 0 atom stereocenters. The molecule has 130 valence electrons. The zero-order valence-electron chi connectivity index (χ0n) is 14.2. The molecule has 3 aromatic rings. The topological polar surface area (TPSA) is 59.3 Å². The number of aromatic nitrogens is 4. The zero-order valence-corrected chi connectivity index (χ0v) is 14.2. The lowest BCUT2D eigenvalue weighted by molar-refractivity contribution is 0.386. The molecule has 0 aliphatic carbocycles. The molecule has 0 bridgehead atoms. The van der Waals surface area contributed by atoms with Gasteiger partial charge in [0.15, 0.2) is 17.2 Å². The number of hydrogen-bond donors (Lipinski definition) is 0. The van der Waals surface area contributed by atoms with E-state index in [1.165, 1.54) is 13.2 Å². The summed E-state index contributed by atoms with van der Waals surface area (Å²) < 4.78 is 20.4. The Hall–Kier alpha value is -2.90. The van der Waals surface area contributed by atoms with Gasteiger partial charge in [0.1, 0.15) is 12.1 Å². The second-order valence-corrected chi connectivity index (χ2v) is 6.00. The molecule has 1 saturated heterocycles. The summed E-state index contributed by atoms with van der Waals surface area (Å²) in [6.45, 7) is 3.28. The molecule has 8 heteroatoms. The number of rotatable bonds is 3. The van der Waals surface area contributed by atoms with Crippen molar-refractivity contribution in [2.75, 3.05) is 43.1 Å². The van der Waals surface area contributed by atoms with Crippen molar-refractivity contribution in [2.45, 2.75) is 0 Å². The molecule has 0 radical (unpaired) electrons. The van der Waals surface area contributed by atoms with E-state index in [0.29, 0.717) is 0 Å². The second kappa shape index (κ2) is 6.19. The number of methoxy groups -OCH3 is 1. The Labute approximate surface area is 144 Å². The summed E-state index contributed by atoms with van der Waals surface area (Å²) in [7, 11) is 3.35. The second-order valence-electron chi connectivity index (χ2n) is 6.00. The van der Waals surface area contributed by atoms with Crippen LogP contribution in [-0.2, 0) is 7.05 Å². The molecule has 7 nitrogen and oxygen atoms in total. The number of piperazine rings is 1. The largest absolute Gasteiger partial charge is 0.494 e. The standard InChI is InChI=1S/C17H19FN6O/c1-22-16-13(10-21-22)17(20-11-19-16)24-7-5-23(6-8-24)12-3-4-14(18)15(9-12)25-2/h3-4,9-11H,5-8H2,1-2H3. The smallest absolute Gasteiger partial charge is 0.165 e. The van der Waals surface area contributed by atoms with E-state index in [1.807, 2.05) is 13.2 Å². The van der Waals surface area contributed by atoms with Gasteiger partial charge in [-0.3, -0.25) is 4.68 Å². The molecule has 0 saturated carbocycles. The van der Waals surface area contributed by atoms with Crippen molar-refractivity contribution >= 4 is 22.5 Å². The molecule has 1 aromatic carbocycles. The molecule has 1 aliphatic heterocycles. The molecular weight excluding hydrogens is 323 g/mol. The average Bonchev–Trinajstić information content (AvgIpc) is 3.04. The Bertz CT molecular complexity index is 903. The first-order valence-corrected chi connectivity index (χ1v) is 8.13. The van der Waals surface area contributed by atoms with Crippen molar-refractivity contribution in [3.63, 3.8) is 0 Å². The van der Waals surface area contributed by atoms with Crippen LogP contribution in [0, 0.1) is 5.82 Å². The third kappa shape index (κ3) is 2.73. The maximum Gasteiger partial charge on any atom is 0.165 e. The summed E-state index contributed by atoms with van der Waals surface area (Å²) in [6.07, 6.45) is 3.39. The molecule has 4 rings (SSSR count). The highest BCUT2D eigenvalue weighted by atomic mass is 19.1. The minimum Gasteiger partial charge on any atom is -0.494 e. The lowest BCUT2D eigenvalue weighted by Gasteiger charge is -2.37. The highest BCUT2D eigenvalue weighted by Gasteiger charge is 2.21. The number of anilines is 2. The van der Waals surface area contributed by atoms with E-state index in [2.05, 4.69) is 24.9 Å². The molecule has 25 heavy (non-hydrogen) atoms. The van der Waals surface area contributed by atoms with Gasteiger partial charge in [-0.2, -0.15) is 5.10 Å². The van der Waals surface area contributed by atoms with Gasteiger partial charge < -0.3 is 14.5 Å². The van der Waals surface area contributed by atoms with Crippen LogP contribution in [0.5, 0.6) is 5.75 Å². The van der Waals surface area contributed by atoms with E-state index in [-0.39, 0.29) is 11.6 Å². The van der Waals surface area contributed by atoms with E-state index < -0.39 is 0 Å². The molecule has 0 amide bonds. The highest BCUT2D eigenvalue weighted by Crippen LogP contribution is 2.27. The van der Waals surface area contributed by atoms with Gasteiger partial charge in [0.2, 0.25) is 0 Å². The van der Waals surface area contributed by atoms with Crippen molar-refractivity contribution in [1.29, 1.82) is 0 Å². The average molecular weight is 342 g/mol. The number of hydrogen-bond acceptors (Lipinski definition) is 6. The SMILES string of the molecule is COc1cc(N2CCN(c3ncnc4c3cnn4C)CC2)ccc1F. The lowest BCUT2D eigenvalue weighted by Crippen LogP contribution is -2.46. The van der Waals surface area contributed by atoms with Gasteiger partial charge in [-0.1, -0.05) is 0 Å². The van der Waals surface area contributed by atoms with Crippen LogP contribution >= 0.6 is 0 Å². The van der Waals surface area contributed by atoms with Gasteiger partial charge in [-0.05, 0) is 12.1 Å². The monoisotopic (exact) mass is 342 g/mol. The Morgan fingerprint density at radius 1 is 1.08 bits per heavy atom. The third-order valence-corrected chi connectivity index (χ3v) is 4.59. The molecule has 2 aromatic heterocycles. The van der Waals surface area contributed by atoms with Gasteiger partial charge in [0.05, 0.1) is 18.7 Å². The fourth-order valence-corrected chi connectivity index (χ4v) is 3.22. The molecule has 0 spiro atoms. The normalized spacial score (nSPS) is 15.0. The van der Waals surface area contributed by atoms with Crippen molar-refractivity contribution in [1.82, 2.24) is 19.7 Å². The summed E-state index contributed by atoms with van der Waals surface area (Å²) in [4.78, 5) is 13.2. The van der Waals surface area contributed by atoms with E-state index in [9.17, 15) is 4.39 Å². The highest BCUT2D eigenvalue weighted by molar-refractivity contribution is 5.86. The third-order valence-electron chi connectivity index (χ3n) is 4.59. The maximum atomic E-state index is 13.6. The van der Waals surface area contributed by atoms with Crippen molar-refractivity contribution in [3.8, 4) is 5.75 Å². The van der Waals surface area contributed by atoms with Crippen LogP contribution in [0.1, 0.15) is 0 Å². The first kappa shape index (κ1) is 15.6. The minimum absolute atomic E-state index is 0.271. The fraction of sp³-hybridized carbons (Fsp3) is 0.353. The van der Waals surface area contributed by atoms with Crippen LogP contribution in [0.4, 0.5) is 15.9 Å². The fourth-order valence-electron chi connectivity index (χ4n) is 3.22. The van der Waals surface area contributed by atoms with Crippen molar-refractivity contribution in [3.05, 3.63) is 36.5 Å². The van der Waals surface area contributed by atoms with Gasteiger partial charge in [0.25, 0.3) is 0 Å². The molecule has 1 aliphatic rings. The molecule has 0 unspecified atom stereocenters. The number of nitrogens with zero attached hydrogens (tertiary/aromatic N) is 6. The van der Waals surface area contributed by atoms with Crippen LogP contribution in [0.15, 0.2) is 30.7 Å². The van der Waals surface area contributed by atoms with Gasteiger partial charge in [-0.25, -0.2) is 14.4 Å². The van der Waals surface area contributed by atoms with Crippen LogP contribution in [-0.4, -0.2) is 53.0 Å². The van der Waals surface area contributed by atoms with E-state index in [0.717, 1.165) is 48.7 Å². The lowest BCUT2D eigenvalue weighted by atomic mass is 10.2. The summed E-state index contributed by atoms with van der Waals surface area (Å²) in [5.41, 5.74) is 1.79. The summed E-state index contributed by atoms with van der Waals surface area (Å²) >= 11 is 0. The van der Waals surface area contributed by atoms with Crippen LogP contribution in [0.3, 0.4) is 0 Å². The Morgan fingerprint density at radius 2 is 1.84 bits per heavy atom. The van der Waals surface area contributed by atoms with Crippen molar-refractivity contribution < 1.29 is 9.13 Å². The number of aryl methyl sites for hydroxylation is 1. The Balaban J connectivity index is 1.53. The van der Waals surface area contributed by atoms with Crippen LogP contribution < -0.4 is 14.5 Å². The van der Waals surface area contributed by atoms with Crippen LogP contribution in [0.25, 0.3) is 11.0 Å². The van der Waals surface area contributed by atoms with E-state index in [4.69, 9.17) is 4.74 Å². The summed E-state index contributed by atoms with van der Waals surface area (Å²) in [5.74, 6) is 0.840. The Kier molecular flexibility index (Phi) is 3.87. The molecule has 0 N–H and O–H groups in total. The minimum atomic E-state index is -0.343. The van der Waals surface area contributed by atoms with Crippen molar-refractivity contribution in [2.24, 2.45) is 7.05 Å². The van der Waals surface area contributed by atoms with Gasteiger partial charge in [-0.15, -0.1) is 0 Å². The van der Waals surface area contributed by atoms with Gasteiger partial charge >= 0.3 is 0 Å². The quantitative estimate of drug-likeness (QED) is 0.724. The number of halogens is 1.